The van der Waals surface area contributed by atoms with E-state index in [1.165, 1.54) is 36.8 Å². The monoisotopic (exact) mass is 276 g/mol. The van der Waals surface area contributed by atoms with Gasteiger partial charge < -0.3 is 9.80 Å². The molecule has 0 N–H and O–H groups in total. The number of nitrogens with zero attached hydrogens (tertiary/aromatic N) is 2. The van der Waals surface area contributed by atoms with Crippen molar-refractivity contribution in [2.75, 3.05) is 28.2 Å². The van der Waals surface area contributed by atoms with Crippen molar-refractivity contribution >= 4 is 0 Å². The molecule has 1 aromatic carbocycles. The number of hydrogen-bond donors (Lipinski definition) is 0. The van der Waals surface area contributed by atoms with E-state index in [0.717, 1.165) is 0 Å². The lowest BCUT2D eigenvalue weighted by molar-refractivity contribution is 0.278. The van der Waals surface area contributed by atoms with Crippen LogP contribution in [0, 0.1) is 0 Å². The van der Waals surface area contributed by atoms with Crippen molar-refractivity contribution in [3.8, 4) is 0 Å². The van der Waals surface area contributed by atoms with Gasteiger partial charge in [-0.1, -0.05) is 51.0 Å². The Hall–Kier alpha value is -0.860. The van der Waals surface area contributed by atoms with Crippen molar-refractivity contribution in [3.63, 3.8) is 0 Å². The highest BCUT2D eigenvalue weighted by Gasteiger charge is 2.16. The van der Waals surface area contributed by atoms with Crippen molar-refractivity contribution in [1.29, 1.82) is 0 Å². The molecule has 0 saturated carbocycles. The molecule has 0 radical (unpaired) electrons. The molecular formula is C18H32N2. The summed E-state index contributed by atoms with van der Waals surface area (Å²) in [4.78, 5) is 4.65. The minimum atomic E-state index is 0.540. The Morgan fingerprint density at radius 3 is 1.20 bits per heavy atom. The van der Waals surface area contributed by atoms with Crippen LogP contribution in [0.25, 0.3) is 0 Å². The van der Waals surface area contributed by atoms with Crippen molar-refractivity contribution in [1.82, 2.24) is 9.80 Å². The van der Waals surface area contributed by atoms with Crippen LogP contribution < -0.4 is 0 Å². The van der Waals surface area contributed by atoms with Gasteiger partial charge in [-0.2, -0.15) is 0 Å². The molecule has 0 aliphatic carbocycles. The van der Waals surface area contributed by atoms with E-state index in [2.05, 4.69) is 76.1 Å². The fraction of sp³-hybridized carbons (Fsp3) is 0.667. The fourth-order valence-electron chi connectivity index (χ4n) is 2.93. The van der Waals surface area contributed by atoms with Gasteiger partial charge in [0.15, 0.2) is 0 Å². The van der Waals surface area contributed by atoms with Gasteiger partial charge in [0.05, 0.1) is 0 Å². The van der Waals surface area contributed by atoms with E-state index < -0.39 is 0 Å². The van der Waals surface area contributed by atoms with E-state index >= 15 is 0 Å². The normalized spacial score (nSPS) is 14.8. The third-order valence-corrected chi connectivity index (χ3v) is 4.08. The van der Waals surface area contributed by atoms with Crippen LogP contribution >= 0.6 is 0 Å². The Bertz CT molecular complexity index is 331. The zero-order valence-electron chi connectivity index (χ0n) is 14.2. The Morgan fingerprint density at radius 1 is 0.700 bits per heavy atom. The topological polar surface area (TPSA) is 6.48 Å². The molecule has 1 aromatic rings. The summed E-state index contributed by atoms with van der Waals surface area (Å²) in [5.41, 5.74) is 2.88. The first-order chi connectivity index (χ1) is 9.51. The molecule has 2 heteroatoms. The minimum absolute atomic E-state index is 0.540. The van der Waals surface area contributed by atoms with Crippen molar-refractivity contribution in [3.05, 3.63) is 35.4 Å². The molecule has 1 rings (SSSR count). The Morgan fingerprint density at radius 2 is 1.00 bits per heavy atom. The lowest BCUT2D eigenvalue weighted by Gasteiger charge is -2.27. The number of rotatable bonds is 8. The van der Waals surface area contributed by atoms with Crippen LogP contribution in [0.4, 0.5) is 0 Å². The third kappa shape index (κ3) is 4.60. The van der Waals surface area contributed by atoms with Crippen LogP contribution in [0.5, 0.6) is 0 Å². The van der Waals surface area contributed by atoms with Crippen molar-refractivity contribution < 1.29 is 0 Å². The summed E-state index contributed by atoms with van der Waals surface area (Å²) in [5, 5.41) is 0. The predicted molar refractivity (Wildman–Crippen MR) is 89.1 cm³/mol. The zero-order valence-corrected chi connectivity index (χ0v) is 14.2. The highest BCUT2D eigenvalue weighted by molar-refractivity contribution is 5.27. The quantitative estimate of drug-likeness (QED) is 0.690. The van der Waals surface area contributed by atoms with E-state index in [9.17, 15) is 0 Å². The minimum Gasteiger partial charge on any atom is -0.302 e. The fourth-order valence-corrected chi connectivity index (χ4v) is 2.93. The maximum atomic E-state index is 2.33. The summed E-state index contributed by atoms with van der Waals surface area (Å²) in [6.45, 7) is 4.52. The van der Waals surface area contributed by atoms with Gasteiger partial charge in [-0.15, -0.1) is 0 Å². The molecular weight excluding hydrogens is 244 g/mol. The third-order valence-electron chi connectivity index (χ3n) is 4.08. The molecule has 0 fully saturated rings. The summed E-state index contributed by atoms with van der Waals surface area (Å²) in [5.74, 6) is 0. The Kier molecular flexibility index (Phi) is 7.25. The molecule has 0 saturated heterocycles. The predicted octanol–water partition coefficient (Wildman–Crippen LogP) is 4.49. The first-order valence-corrected chi connectivity index (χ1v) is 7.93. The van der Waals surface area contributed by atoms with Crippen molar-refractivity contribution in [2.24, 2.45) is 0 Å². The SMILES string of the molecule is CCC[C@H](c1ccc([C@@H](CCC)N(C)C)cc1)N(C)C. The highest BCUT2D eigenvalue weighted by Crippen LogP contribution is 2.28. The van der Waals surface area contributed by atoms with Gasteiger partial charge in [0.2, 0.25) is 0 Å². The van der Waals surface area contributed by atoms with Crippen LogP contribution in [0.2, 0.25) is 0 Å². The van der Waals surface area contributed by atoms with Gasteiger partial charge in [0.1, 0.15) is 0 Å². The van der Waals surface area contributed by atoms with Gasteiger partial charge in [-0.3, -0.25) is 0 Å². The molecule has 2 atom stereocenters. The Balaban J connectivity index is 2.90. The van der Waals surface area contributed by atoms with E-state index in [1.54, 1.807) is 0 Å². The van der Waals surface area contributed by atoms with Crippen LogP contribution in [-0.4, -0.2) is 38.0 Å². The highest BCUT2D eigenvalue weighted by atomic mass is 15.1. The van der Waals surface area contributed by atoms with E-state index in [-0.39, 0.29) is 0 Å². The zero-order chi connectivity index (χ0) is 15.1. The van der Waals surface area contributed by atoms with Crippen LogP contribution in [0.1, 0.15) is 62.7 Å². The summed E-state index contributed by atoms with van der Waals surface area (Å²) >= 11 is 0. The van der Waals surface area contributed by atoms with Crippen molar-refractivity contribution in [2.45, 2.75) is 51.6 Å². The average Bonchev–Trinajstić information content (AvgIpc) is 2.42. The molecule has 0 spiro atoms. The van der Waals surface area contributed by atoms with E-state index in [4.69, 9.17) is 0 Å². The first-order valence-electron chi connectivity index (χ1n) is 7.93. The van der Waals surface area contributed by atoms with Crippen LogP contribution in [-0.2, 0) is 0 Å². The maximum Gasteiger partial charge on any atom is 0.0341 e. The molecule has 20 heavy (non-hydrogen) atoms. The molecule has 0 unspecified atom stereocenters. The van der Waals surface area contributed by atoms with Gasteiger partial charge in [-0.25, -0.2) is 0 Å². The largest absolute Gasteiger partial charge is 0.302 e. The second-order valence-electron chi connectivity index (χ2n) is 6.20. The molecule has 114 valence electrons. The molecule has 0 bridgehead atoms. The van der Waals surface area contributed by atoms with E-state index in [0.29, 0.717) is 12.1 Å². The second-order valence-corrected chi connectivity index (χ2v) is 6.20. The molecule has 0 aromatic heterocycles. The summed E-state index contributed by atoms with van der Waals surface area (Å²) < 4.78 is 0. The smallest absolute Gasteiger partial charge is 0.0341 e. The Labute approximate surface area is 125 Å². The first kappa shape index (κ1) is 17.2. The molecule has 0 heterocycles. The van der Waals surface area contributed by atoms with Crippen LogP contribution in [0.3, 0.4) is 0 Å². The van der Waals surface area contributed by atoms with Gasteiger partial charge in [-0.05, 0) is 52.2 Å². The van der Waals surface area contributed by atoms with Crippen LogP contribution in [0.15, 0.2) is 24.3 Å². The van der Waals surface area contributed by atoms with Gasteiger partial charge >= 0.3 is 0 Å². The van der Waals surface area contributed by atoms with Gasteiger partial charge in [0.25, 0.3) is 0 Å². The standard InChI is InChI=1S/C18H32N2/c1-7-9-17(19(3)4)15-11-13-16(14-12-15)18(10-8-2)20(5)6/h11-14,17-18H,7-10H2,1-6H3/t17-,18-/m1/s1. The number of hydrogen-bond acceptors (Lipinski definition) is 2. The van der Waals surface area contributed by atoms with E-state index in [1.807, 2.05) is 0 Å². The number of benzene rings is 1. The lowest BCUT2D eigenvalue weighted by Crippen LogP contribution is -2.21. The molecule has 2 nitrogen and oxygen atoms in total. The maximum absolute atomic E-state index is 2.33. The second kappa shape index (κ2) is 8.43. The lowest BCUT2D eigenvalue weighted by atomic mass is 9.96. The molecule has 0 aliphatic heterocycles. The molecule has 0 aliphatic rings. The summed E-state index contributed by atoms with van der Waals surface area (Å²) in [7, 11) is 8.70. The van der Waals surface area contributed by atoms with Gasteiger partial charge in [0, 0.05) is 12.1 Å². The molecule has 0 amide bonds. The summed E-state index contributed by atoms with van der Waals surface area (Å²) in [6.07, 6.45) is 4.89. The average molecular weight is 276 g/mol. The summed E-state index contributed by atoms with van der Waals surface area (Å²) in [6, 6.07) is 10.4.